The summed E-state index contributed by atoms with van der Waals surface area (Å²) in [4.78, 5) is 0. The number of allylic oxidation sites excluding steroid dienone is 6. The normalized spacial score (nSPS) is 17.3. The molecule has 0 aromatic heterocycles. The third-order valence-corrected chi connectivity index (χ3v) is 2.02. The van der Waals surface area contributed by atoms with Gasteiger partial charge in [-0.2, -0.15) is 0 Å². The van der Waals surface area contributed by atoms with Crippen LogP contribution in [0.25, 0.3) is 0 Å². The van der Waals surface area contributed by atoms with Crippen LogP contribution in [0, 0.1) is 0 Å². The zero-order valence-electron chi connectivity index (χ0n) is 7.43. The van der Waals surface area contributed by atoms with Gasteiger partial charge in [-0.3, -0.25) is 0 Å². The average molecular weight is 148 g/mol. The van der Waals surface area contributed by atoms with Crippen LogP contribution < -0.4 is 0 Å². The van der Waals surface area contributed by atoms with Gasteiger partial charge < -0.3 is 0 Å². The Morgan fingerprint density at radius 3 is 3.00 bits per heavy atom. The van der Waals surface area contributed by atoms with Crippen LogP contribution >= 0.6 is 0 Å². The van der Waals surface area contributed by atoms with E-state index in [0.717, 1.165) is 6.42 Å². The molecule has 0 saturated heterocycles. The number of hydrogen-bond acceptors (Lipinski definition) is 0. The zero-order valence-corrected chi connectivity index (χ0v) is 7.43. The van der Waals surface area contributed by atoms with Gasteiger partial charge in [0.1, 0.15) is 0 Å². The van der Waals surface area contributed by atoms with E-state index in [0.29, 0.717) is 0 Å². The van der Waals surface area contributed by atoms with E-state index >= 15 is 0 Å². The van der Waals surface area contributed by atoms with Gasteiger partial charge in [-0.05, 0) is 25.3 Å². The van der Waals surface area contributed by atoms with Crippen molar-refractivity contribution in [2.24, 2.45) is 0 Å². The van der Waals surface area contributed by atoms with Crippen molar-refractivity contribution in [1.82, 2.24) is 0 Å². The summed E-state index contributed by atoms with van der Waals surface area (Å²) in [6.45, 7) is 4.43. The molecule has 1 rings (SSSR count). The van der Waals surface area contributed by atoms with Crippen molar-refractivity contribution in [2.75, 3.05) is 0 Å². The molecule has 0 unspecified atom stereocenters. The van der Waals surface area contributed by atoms with E-state index in [9.17, 15) is 0 Å². The fourth-order valence-corrected chi connectivity index (χ4v) is 1.32. The van der Waals surface area contributed by atoms with Crippen molar-refractivity contribution in [3.8, 4) is 0 Å². The molecule has 0 radical (unpaired) electrons. The third-order valence-electron chi connectivity index (χ3n) is 2.02. The Bertz CT molecular complexity index is 204. The van der Waals surface area contributed by atoms with Gasteiger partial charge >= 0.3 is 0 Å². The SMILES string of the molecule is CCCC1=CC=CCC=C1C. The van der Waals surface area contributed by atoms with Crippen molar-refractivity contribution in [1.29, 1.82) is 0 Å². The first-order valence-corrected chi connectivity index (χ1v) is 4.37. The van der Waals surface area contributed by atoms with Gasteiger partial charge in [-0.15, -0.1) is 0 Å². The first-order chi connectivity index (χ1) is 5.34. The maximum Gasteiger partial charge on any atom is -0.0160 e. The van der Waals surface area contributed by atoms with Crippen molar-refractivity contribution in [2.45, 2.75) is 33.1 Å². The van der Waals surface area contributed by atoms with Gasteiger partial charge in [0.15, 0.2) is 0 Å². The molecular formula is C11H16. The molecule has 0 fully saturated rings. The lowest BCUT2D eigenvalue weighted by Gasteiger charge is -2.03. The summed E-state index contributed by atoms with van der Waals surface area (Å²) >= 11 is 0. The second kappa shape index (κ2) is 4.17. The van der Waals surface area contributed by atoms with Crippen molar-refractivity contribution in [3.63, 3.8) is 0 Å². The summed E-state index contributed by atoms with van der Waals surface area (Å²) in [5.74, 6) is 0. The highest BCUT2D eigenvalue weighted by atomic mass is 14.0. The standard InChI is InChI=1S/C11H16/c1-3-7-11-9-6-4-5-8-10(11)2/h4,6,8-9H,3,5,7H2,1-2H3. The van der Waals surface area contributed by atoms with Crippen LogP contribution in [0.1, 0.15) is 33.1 Å². The molecule has 0 N–H and O–H groups in total. The molecular weight excluding hydrogens is 132 g/mol. The van der Waals surface area contributed by atoms with Crippen LogP contribution in [0.4, 0.5) is 0 Å². The van der Waals surface area contributed by atoms with E-state index in [1.54, 1.807) is 0 Å². The van der Waals surface area contributed by atoms with Gasteiger partial charge in [-0.1, -0.05) is 43.2 Å². The Balaban J connectivity index is 2.71. The molecule has 60 valence electrons. The van der Waals surface area contributed by atoms with E-state index in [1.165, 1.54) is 24.0 Å². The maximum absolute atomic E-state index is 2.30. The second-order valence-electron chi connectivity index (χ2n) is 2.99. The van der Waals surface area contributed by atoms with Crippen LogP contribution in [0.3, 0.4) is 0 Å². The minimum Gasteiger partial charge on any atom is -0.0807 e. The monoisotopic (exact) mass is 148 g/mol. The highest BCUT2D eigenvalue weighted by Crippen LogP contribution is 2.18. The topological polar surface area (TPSA) is 0 Å². The van der Waals surface area contributed by atoms with E-state index in [-0.39, 0.29) is 0 Å². The quantitative estimate of drug-likeness (QED) is 0.561. The predicted octanol–water partition coefficient (Wildman–Crippen LogP) is 3.62. The fraction of sp³-hybridized carbons (Fsp3) is 0.455. The third kappa shape index (κ3) is 2.38. The fourth-order valence-electron chi connectivity index (χ4n) is 1.32. The van der Waals surface area contributed by atoms with Gasteiger partial charge in [-0.25, -0.2) is 0 Å². The summed E-state index contributed by atoms with van der Waals surface area (Å²) in [5.41, 5.74) is 2.96. The smallest absolute Gasteiger partial charge is 0.0160 e. The van der Waals surface area contributed by atoms with E-state index in [1.807, 2.05) is 0 Å². The number of hydrogen-bond donors (Lipinski definition) is 0. The lowest BCUT2D eigenvalue weighted by Crippen LogP contribution is -1.83. The zero-order chi connectivity index (χ0) is 8.10. The van der Waals surface area contributed by atoms with Gasteiger partial charge in [0.25, 0.3) is 0 Å². The van der Waals surface area contributed by atoms with E-state index < -0.39 is 0 Å². The Kier molecular flexibility index (Phi) is 3.15. The summed E-state index contributed by atoms with van der Waals surface area (Å²) in [5, 5.41) is 0. The Morgan fingerprint density at radius 1 is 1.45 bits per heavy atom. The van der Waals surface area contributed by atoms with E-state index in [2.05, 4.69) is 38.2 Å². The van der Waals surface area contributed by atoms with Crippen LogP contribution in [0.2, 0.25) is 0 Å². The van der Waals surface area contributed by atoms with Crippen LogP contribution in [-0.2, 0) is 0 Å². The van der Waals surface area contributed by atoms with Gasteiger partial charge in [0.05, 0.1) is 0 Å². The molecule has 0 heterocycles. The summed E-state index contributed by atoms with van der Waals surface area (Å²) in [6, 6.07) is 0. The lowest BCUT2D eigenvalue weighted by molar-refractivity contribution is 0.911. The molecule has 1 aliphatic carbocycles. The molecule has 0 heteroatoms. The largest absolute Gasteiger partial charge is 0.0807 e. The minimum atomic E-state index is 1.09. The minimum absolute atomic E-state index is 1.09. The number of rotatable bonds is 2. The summed E-state index contributed by atoms with van der Waals surface area (Å²) < 4.78 is 0. The summed E-state index contributed by atoms with van der Waals surface area (Å²) in [6.07, 6.45) is 12.4. The van der Waals surface area contributed by atoms with Crippen molar-refractivity contribution < 1.29 is 0 Å². The first-order valence-electron chi connectivity index (χ1n) is 4.37. The molecule has 0 nitrogen and oxygen atoms in total. The second-order valence-corrected chi connectivity index (χ2v) is 2.99. The molecule has 0 amide bonds. The highest BCUT2D eigenvalue weighted by Gasteiger charge is 1.98. The molecule has 1 aliphatic rings. The van der Waals surface area contributed by atoms with Crippen LogP contribution in [0.5, 0.6) is 0 Å². The van der Waals surface area contributed by atoms with Crippen LogP contribution in [-0.4, -0.2) is 0 Å². The molecule has 0 saturated carbocycles. The molecule has 0 aromatic carbocycles. The van der Waals surface area contributed by atoms with Gasteiger partial charge in [0.2, 0.25) is 0 Å². The first kappa shape index (κ1) is 8.32. The molecule has 0 spiro atoms. The molecule has 0 aliphatic heterocycles. The summed E-state index contributed by atoms with van der Waals surface area (Å²) in [7, 11) is 0. The molecule has 0 aromatic rings. The predicted molar refractivity (Wildman–Crippen MR) is 50.5 cm³/mol. The highest BCUT2D eigenvalue weighted by molar-refractivity contribution is 5.34. The average Bonchev–Trinajstić information content (AvgIpc) is 2.18. The van der Waals surface area contributed by atoms with Crippen molar-refractivity contribution in [3.05, 3.63) is 35.5 Å². The van der Waals surface area contributed by atoms with Crippen molar-refractivity contribution >= 4 is 0 Å². The Morgan fingerprint density at radius 2 is 2.27 bits per heavy atom. The Labute approximate surface area is 69.3 Å². The maximum atomic E-state index is 2.30. The molecule has 0 bridgehead atoms. The molecule has 11 heavy (non-hydrogen) atoms. The van der Waals surface area contributed by atoms with Gasteiger partial charge in [0, 0.05) is 0 Å². The van der Waals surface area contributed by atoms with E-state index in [4.69, 9.17) is 0 Å². The molecule has 0 atom stereocenters. The lowest BCUT2D eigenvalue weighted by atomic mass is 10.0. The van der Waals surface area contributed by atoms with Crippen LogP contribution in [0.15, 0.2) is 35.5 Å². The Hall–Kier alpha value is -0.780.